The van der Waals surface area contributed by atoms with E-state index in [-0.39, 0.29) is 6.04 Å². The van der Waals surface area contributed by atoms with Crippen LogP contribution in [-0.2, 0) is 0 Å². The summed E-state index contributed by atoms with van der Waals surface area (Å²) < 4.78 is 1.93. The Labute approximate surface area is 188 Å². The van der Waals surface area contributed by atoms with Crippen LogP contribution in [-0.4, -0.2) is 21.3 Å². The van der Waals surface area contributed by atoms with Crippen LogP contribution in [0.25, 0.3) is 5.69 Å². The molecule has 0 amide bonds. The number of hydrogen-bond donors (Lipinski definition) is 0. The van der Waals surface area contributed by atoms with E-state index in [1.807, 2.05) is 16.8 Å². The molecule has 1 saturated carbocycles. The summed E-state index contributed by atoms with van der Waals surface area (Å²) in [4.78, 5) is 7.41. The van der Waals surface area contributed by atoms with Gasteiger partial charge in [0, 0.05) is 17.5 Å². The lowest BCUT2D eigenvalue weighted by molar-refractivity contribution is 0.551. The molecule has 0 spiro atoms. The normalized spacial score (nSPS) is 14.7. The Kier molecular flexibility index (Phi) is 6.64. The van der Waals surface area contributed by atoms with Gasteiger partial charge >= 0.3 is 0 Å². The molecule has 2 aromatic carbocycles. The van der Waals surface area contributed by atoms with Crippen molar-refractivity contribution in [3.05, 3.63) is 70.0 Å². The molecule has 30 heavy (non-hydrogen) atoms. The smallest absolute Gasteiger partial charge is 0.245 e. The second-order valence-corrected chi connectivity index (χ2v) is 8.80. The number of halogens is 2. The van der Waals surface area contributed by atoms with E-state index in [1.165, 1.54) is 5.56 Å². The molecule has 0 aliphatic heterocycles. The molecule has 0 saturated heterocycles. The first-order chi connectivity index (χ1) is 14.6. The maximum atomic E-state index is 6.53. The van der Waals surface area contributed by atoms with Crippen LogP contribution in [0.1, 0.15) is 69.3 Å². The van der Waals surface area contributed by atoms with E-state index in [1.54, 1.807) is 6.07 Å². The fraction of sp³-hybridized carbons (Fsp3) is 0.417. The van der Waals surface area contributed by atoms with Crippen LogP contribution < -0.4 is 4.90 Å². The van der Waals surface area contributed by atoms with Crippen LogP contribution in [0.5, 0.6) is 0 Å². The van der Waals surface area contributed by atoms with E-state index in [4.69, 9.17) is 33.3 Å². The minimum Gasteiger partial charge on any atom is -0.332 e. The molecule has 3 aromatic rings. The Bertz CT molecular complexity index is 982. The Morgan fingerprint density at radius 3 is 2.47 bits per heavy atom. The van der Waals surface area contributed by atoms with E-state index in [2.05, 4.69) is 49.1 Å². The second-order valence-electron chi connectivity index (χ2n) is 7.96. The van der Waals surface area contributed by atoms with Crippen molar-refractivity contribution in [2.45, 2.75) is 57.9 Å². The average molecular weight is 443 g/mol. The molecule has 1 heterocycles. The maximum Gasteiger partial charge on any atom is 0.245 e. The molecule has 1 aliphatic carbocycles. The highest BCUT2D eigenvalue weighted by molar-refractivity contribution is 6.35. The van der Waals surface area contributed by atoms with Crippen molar-refractivity contribution in [2.24, 2.45) is 0 Å². The largest absolute Gasteiger partial charge is 0.332 e. The summed E-state index contributed by atoms with van der Waals surface area (Å²) in [5, 5.41) is 6.20. The van der Waals surface area contributed by atoms with Crippen molar-refractivity contribution in [1.82, 2.24) is 14.8 Å². The fourth-order valence-electron chi connectivity index (χ4n) is 3.96. The molecule has 4 nitrogen and oxygen atoms in total. The molecule has 158 valence electrons. The van der Waals surface area contributed by atoms with E-state index < -0.39 is 0 Å². The first-order valence-electron chi connectivity index (χ1n) is 10.9. The summed E-state index contributed by atoms with van der Waals surface area (Å²) in [5.41, 5.74) is 2.14. The molecule has 1 aromatic heterocycles. The Morgan fingerprint density at radius 2 is 1.83 bits per heavy atom. The topological polar surface area (TPSA) is 34.0 Å². The van der Waals surface area contributed by atoms with E-state index >= 15 is 0 Å². The maximum absolute atomic E-state index is 6.53. The third-order valence-electron chi connectivity index (χ3n) is 5.55. The van der Waals surface area contributed by atoms with Crippen LogP contribution in [0.15, 0.2) is 48.5 Å². The number of hydrogen-bond acceptors (Lipinski definition) is 3. The third-order valence-corrected chi connectivity index (χ3v) is 6.08. The lowest BCUT2D eigenvalue weighted by Gasteiger charge is -2.31. The predicted octanol–water partition coefficient (Wildman–Crippen LogP) is 7.21. The highest BCUT2D eigenvalue weighted by Crippen LogP contribution is 2.42. The Balaban J connectivity index is 1.78. The first-order valence-corrected chi connectivity index (χ1v) is 11.6. The van der Waals surface area contributed by atoms with Gasteiger partial charge in [0.2, 0.25) is 5.95 Å². The van der Waals surface area contributed by atoms with Gasteiger partial charge in [-0.2, -0.15) is 4.98 Å². The molecule has 1 aliphatic rings. The number of anilines is 1. The minimum atomic E-state index is 0.250. The second kappa shape index (κ2) is 9.40. The average Bonchev–Trinajstić information content (AvgIpc) is 3.50. The molecule has 1 atom stereocenters. The monoisotopic (exact) mass is 442 g/mol. The zero-order valence-electron chi connectivity index (χ0n) is 17.6. The molecule has 0 bridgehead atoms. The zero-order valence-corrected chi connectivity index (χ0v) is 19.1. The van der Waals surface area contributed by atoms with E-state index in [9.17, 15) is 0 Å². The third kappa shape index (κ3) is 4.50. The minimum absolute atomic E-state index is 0.250. The van der Waals surface area contributed by atoms with Crippen molar-refractivity contribution in [2.75, 3.05) is 11.4 Å². The highest BCUT2D eigenvalue weighted by Gasteiger charge is 2.33. The predicted molar refractivity (Wildman–Crippen MR) is 125 cm³/mol. The molecule has 4 rings (SSSR count). The van der Waals surface area contributed by atoms with Crippen molar-refractivity contribution in [3.8, 4) is 5.69 Å². The van der Waals surface area contributed by atoms with Gasteiger partial charge in [0.25, 0.3) is 0 Å². The van der Waals surface area contributed by atoms with Crippen LogP contribution in [0, 0.1) is 0 Å². The van der Waals surface area contributed by atoms with Gasteiger partial charge in [-0.15, -0.1) is 5.10 Å². The van der Waals surface area contributed by atoms with Gasteiger partial charge in [0.15, 0.2) is 0 Å². The van der Waals surface area contributed by atoms with Gasteiger partial charge in [-0.1, -0.05) is 73.8 Å². The number of rotatable bonds is 9. The van der Waals surface area contributed by atoms with Gasteiger partial charge < -0.3 is 4.90 Å². The number of benzene rings is 2. The summed E-state index contributed by atoms with van der Waals surface area (Å²) in [6, 6.07) is 16.5. The lowest BCUT2D eigenvalue weighted by Crippen LogP contribution is -2.30. The van der Waals surface area contributed by atoms with Crippen LogP contribution in [0.3, 0.4) is 0 Å². The van der Waals surface area contributed by atoms with Gasteiger partial charge in [-0.25, -0.2) is 4.68 Å². The lowest BCUT2D eigenvalue weighted by atomic mass is 10.0. The van der Waals surface area contributed by atoms with Gasteiger partial charge in [-0.3, -0.25) is 0 Å². The van der Waals surface area contributed by atoms with Crippen molar-refractivity contribution in [1.29, 1.82) is 0 Å². The molecular formula is C24H28Cl2N4. The molecular weight excluding hydrogens is 415 g/mol. The zero-order chi connectivity index (χ0) is 21.1. The molecule has 1 unspecified atom stereocenters. The highest BCUT2D eigenvalue weighted by atomic mass is 35.5. The summed E-state index contributed by atoms with van der Waals surface area (Å²) in [6.07, 6.45) is 5.47. The van der Waals surface area contributed by atoms with Gasteiger partial charge in [0.1, 0.15) is 5.82 Å². The van der Waals surface area contributed by atoms with Gasteiger partial charge in [-0.05, 0) is 49.4 Å². The van der Waals surface area contributed by atoms with Crippen molar-refractivity contribution in [3.63, 3.8) is 0 Å². The number of aromatic nitrogens is 3. The summed E-state index contributed by atoms with van der Waals surface area (Å²) >= 11 is 12.7. The van der Waals surface area contributed by atoms with E-state index in [0.717, 1.165) is 56.1 Å². The fourth-order valence-corrected chi connectivity index (χ4v) is 4.45. The summed E-state index contributed by atoms with van der Waals surface area (Å²) in [6.45, 7) is 5.34. The summed E-state index contributed by atoms with van der Waals surface area (Å²) in [5.74, 6) is 2.23. The van der Waals surface area contributed by atoms with Gasteiger partial charge in [0.05, 0.1) is 16.8 Å². The molecule has 6 heteroatoms. The van der Waals surface area contributed by atoms with Crippen molar-refractivity contribution < 1.29 is 0 Å². The molecule has 0 radical (unpaired) electrons. The number of nitrogens with zero attached hydrogens (tertiary/aromatic N) is 4. The first kappa shape index (κ1) is 21.2. The SMILES string of the molecule is CCCC(c1ccccc1)N(CCC)c1nc(C2CC2)n(-c2ccc(Cl)cc2Cl)n1. The quantitative estimate of drug-likeness (QED) is 0.350. The summed E-state index contributed by atoms with van der Waals surface area (Å²) in [7, 11) is 0. The Morgan fingerprint density at radius 1 is 1.07 bits per heavy atom. The standard InChI is InChI=1S/C24H28Cl2N4/c1-3-8-21(17-9-6-5-7-10-17)29(15-4-2)24-27-23(18-11-12-18)30(28-24)22-14-13-19(25)16-20(22)26/h5-7,9-10,13-14,16,18,21H,3-4,8,11-12,15H2,1-2H3. The van der Waals surface area contributed by atoms with Crippen LogP contribution in [0.2, 0.25) is 10.0 Å². The van der Waals surface area contributed by atoms with Crippen LogP contribution >= 0.6 is 23.2 Å². The van der Waals surface area contributed by atoms with E-state index in [0.29, 0.717) is 16.0 Å². The van der Waals surface area contributed by atoms with Crippen LogP contribution in [0.4, 0.5) is 5.95 Å². The molecule has 0 N–H and O–H groups in total. The van der Waals surface area contributed by atoms with Crippen molar-refractivity contribution >= 4 is 29.2 Å². The molecule has 1 fully saturated rings. The Hall–Kier alpha value is -2.04.